The standard InChI is InChI=1S/C15H18N2O5S2/c1-8(18)15(14(21)22)6-16-12(20)11(13(16)24-7-15)17(9(2)19)10-4-3-5-23-10/h3-5,8,11,13,18H,6-7H2,1-2H3,(H,21,22)/t8?,11?,13-,15?/m1/s1. The normalized spacial score (nSPS) is 30.3. The zero-order valence-electron chi connectivity index (χ0n) is 13.2. The van der Waals surface area contributed by atoms with Crippen molar-refractivity contribution >= 4 is 45.9 Å². The third-order valence-electron chi connectivity index (χ3n) is 4.66. The largest absolute Gasteiger partial charge is 0.481 e. The summed E-state index contributed by atoms with van der Waals surface area (Å²) in [4.78, 5) is 39.3. The molecule has 2 amide bonds. The van der Waals surface area contributed by atoms with E-state index >= 15 is 0 Å². The predicted octanol–water partition coefficient (Wildman–Crippen LogP) is 0.837. The lowest BCUT2D eigenvalue weighted by molar-refractivity contribution is -0.163. The Hall–Kier alpha value is -1.58. The van der Waals surface area contributed by atoms with Crippen LogP contribution in [0.1, 0.15) is 13.8 Å². The number of fused-ring (bicyclic) bond motifs is 1. The van der Waals surface area contributed by atoms with E-state index in [1.54, 1.807) is 6.07 Å². The van der Waals surface area contributed by atoms with Crippen LogP contribution in [0.5, 0.6) is 0 Å². The number of anilines is 1. The van der Waals surface area contributed by atoms with Crippen molar-refractivity contribution in [1.82, 2.24) is 4.90 Å². The van der Waals surface area contributed by atoms with Crippen molar-refractivity contribution in [2.45, 2.75) is 31.4 Å². The molecular formula is C15H18N2O5S2. The van der Waals surface area contributed by atoms with Gasteiger partial charge in [0.15, 0.2) is 0 Å². The van der Waals surface area contributed by atoms with E-state index < -0.39 is 23.5 Å². The Morgan fingerprint density at radius 2 is 2.21 bits per heavy atom. The highest BCUT2D eigenvalue weighted by Gasteiger charge is 2.60. The molecule has 7 nitrogen and oxygen atoms in total. The van der Waals surface area contributed by atoms with Crippen LogP contribution in [0.2, 0.25) is 0 Å². The zero-order chi connectivity index (χ0) is 17.6. The molecule has 4 atom stereocenters. The number of thioether (sulfide) groups is 1. The van der Waals surface area contributed by atoms with Crippen molar-refractivity contribution in [3.63, 3.8) is 0 Å². The second-order valence-corrected chi connectivity index (χ2v) is 8.12. The van der Waals surface area contributed by atoms with Crippen molar-refractivity contribution in [3.8, 4) is 0 Å². The third-order valence-corrected chi connectivity index (χ3v) is 7.07. The van der Waals surface area contributed by atoms with Gasteiger partial charge in [0.2, 0.25) is 11.8 Å². The minimum Gasteiger partial charge on any atom is -0.481 e. The molecule has 2 aliphatic rings. The van der Waals surface area contributed by atoms with Crippen molar-refractivity contribution in [2.24, 2.45) is 5.41 Å². The first kappa shape index (κ1) is 17.2. The molecule has 2 aliphatic heterocycles. The SMILES string of the molecule is CC(=O)N(c1cccs1)C1C(=O)N2CC(C(=O)O)(C(C)O)CS[C@H]12. The van der Waals surface area contributed by atoms with Gasteiger partial charge in [-0.1, -0.05) is 0 Å². The number of aliphatic carboxylic acids is 1. The van der Waals surface area contributed by atoms with Gasteiger partial charge in [0.05, 0.1) is 11.1 Å². The van der Waals surface area contributed by atoms with Crippen LogP contribution in [0, 0.1) is 5.41 Å². The Balaban J connectivity index is 1.85. The minimum absolute atomic E-state index is 0.0385. The first-order chi connectivity index (χ1) is 11.3. The number of carboxylic acid groups (broad SMARTS) is 1. The van der Waals surface area contributed by atoms with Crippen LogP contribution in [-0.2, 0) is 14.4 Å². The predicted molar refractivity (Wildman–Crippen MR) is 91.0 cm³/mol. The van der Waals surface area contributed by atoms with Gasteiger partial charge < -0.3 is 15.1 Å². The Kier molecular flexibility index (Phi) is 4.35. The molecule has 130 valence electrons. The number of rotatable bonds is 4. The lowest BCUT2D eigenvalue weighted by atomic mass is 9.82. The highest BCUT2D eigenvalue weighted by atomic mass is 32.2. The van der Waals surface area contributed by atoms with Gasteiger partial charge >= 0.3 is 5.97 Å². The Bertz CT molecular complexity index is 677. The van der Waals surface area contributed by atoms with Crippen LogP contribution in [0.25, 0.3) is 0 Å². The Labute approximate surface area is 147 Å². The lowest BCUT2D eigenvalue weighted by Gasteiger charge is -2.56. The summed E-state index contributed by atoms with van der Waals surface area (Å²) in [6, 6.07) is 2.98. The molecular weight excluding hydrogens is 352 g/mol. The summed E-state index contributed by atoms with van der Waals surface area (Å²) >= 11 is 2.69. The van der Waals surface area contributed by atoms with E-state index in [4.69, 9.17) is 0 Å². The molecule has 0 bridgehead atoms. The highest BCUT2D eigenvalue weighted by molar-refractivity contribution is 8.00. The average Bonchev–Trinajstić information content (AvgIpc) is 3.04. The molecule has 0 radical (unpaired) electrons. The van der Waals surface area contributed by atoms with Gasteiger partial charge in [0.1, 0.15) is 16.8 Å². The quantitative estimate of drug-likeness (QED) is 0.762. The molecule has 0 aliphatic carbocycles. The second kappa shape index (κ2) is 6.05. The number of carbonyl (C=O) groups excluding carboxylic acids is 2. The van der Waals surface area contributed by atoms with E-state index in [9.17, 15) is 24.6 Å². The van der Waals surface area contributed by atoms with Gasteiger partial charge in [-0.25, -0.2) is 0 Å². The second-order valence-electron chi connectivity index (χ2n) is 6.09. The van der Waals surface area contributed by atoms with E-state index in [1.165, 1.54) is 46.7 Å². The molecule has 3 unspecified atom stereocenters. The number of carbonyl (C=O) groups is 3. The van der Waals surface area contributed by atoms with Crippen molar-refractivity contribution < 1.29 is 24.6 Å². The van der Waals surface area contributed by atoms with Gasteiger partial charge in [-0.2, -0.15) is 0 Å². The Morgan fingerprint density at radius 3 is 2.71 bits per heavy atom. The maximum absolute atomic E-state index is 12.6. The molecule has 24 heavy (non-hydrogen) atoms. The van der Waals surface area contributed by atoms with Crippen LogP contribution in [0.15, 0.2) is 17.5 Å². The fourth-order valence-corrected chi connectivity index (χ4v) is 5.64. The van der Waals surface area contributed by atoms with Crippen LogP contribution < -0.4 is 4.90 Å². The fourth-order valence-electron chi connectivity index (χ4n) is 3.13. The molecule has 1 aromatic rings. The van der Waals surface area contributed by atoms with Gasteiger partial charge in [-0.3, -0.25) is 19.3 Å². The number of thiophene rings is 1. The number of nitrogens with zero attached hydrogens (tertiary/aromatic N) is 2. The van der Waals surface area contributed by atoms with E-state index in [0.717, 1.165) is 0 Å². The summed E-state index contributed by atoms with van der Waals surface area (Å²) in [7, 11) is 0. The number of aliphatic hydroxyl groups excluding tert-OH is 1. The highest BCUT2D eigenvalue weighted by Crippen LogP contribution is 2.46. The summed E-state index contributed by atoms with van der Waals surface area (Å²) in [5, 5.41) is 21.7. The molecule has 9 heteroatoms. The van der Waals surface area contributed by atoms with Gasteiger partial charge in [-0.05, 0) is 24.4 Å². The first-order valence-corrected chi connectivity index (χ1v) is 9.39. The summed E-state index contributed by atoms with van der Waals surface area (Å²) in [5.74, 6) is -1.41. The van der Waals surface area contributed by atoms with E-state index in [-0.39, 0.29) is 29.5 Å². The van der Waals surface area contributed by atoms with Crippen LogP contribution >= 0.6 is 23.1 Å². The van der Waals surface area contributed by atoms with Crippen molar-refractivity contribution in [1.29, 1.82) is 0 Å². The average molecular weight is 370 g/mol. The molecule has 2 saturated heterocycles. The van der Waals surface area contributed by atoms with Crippen LogP contribution in [0.4, 0.5) is 5.00 Å². The molecule has 0 aromatic carbocycles. The monoisotopic (exact) mass is 370 g/mol. The van der Waals surface area contributed by atoms with Crippen LogP contribution in [0.3, 0.4) is 0 Å². The number of β-lactam (4-membered cyclic amide) rings is 1. The van der Waals surface area contributed by atoms with Gasteiger partial charge in [0, 0.05) is 19.2 Å². The van der Waals surface area contributed by atoms with Crippen LogP contribution in [-0.4, -0.2) is 62.7 Å². The minimum atomic E-state index is -1.37. The molecule has 1 aromatic heterocycles. The molecule has 2 fully saturated rings. The number of amides is 2. The molecule has 2 N–H and O–H groups in total. The van der Waals surface area contributed by atoms with Crippen molar-refractivity contribution in [3.05, 3.63) is 17.5 Å². The maximum Gasteiger partial charge on any atom is 0.314 e. The Morgan fingerprint density at radius 1 is 1.50 bits per heavy atom. The van der Waals surface area contributed by atoms with E-state index in [2.05, 4.69) is 0 Å². The third kappa shape index (κ3) is 2.42. The number of hydrogen-bond acceptors (Lipinski definition) is 6. The smallest absolute Gasteiger partial charge is 0.314 e. The van der Waals surface area contributed by atoms with Gasteiger partial charge in [0.25, 0.3) is 0 Å². The summed E-state index contributed by atoms with van der Waals surface area (Å²) in [5.41, 5.74) is -1.37. The maximum atomic E-state index is 12.6. The topological polar surface area (TPSA) is 98.2 Å². The number of aliphatic hydroxyl groups is 1. The zero-order valence-corrected chi connectivity index (χ0v) is 14.8. The first-order valence-electron chi connectivity index (χ1n) is 7.46. The summed E-state index contributed by atoms with van der Waals surface area (Å²) < 4.78 is 0. The molecule has 0 saturated carbocycles. The fraction of sp³-hybridized carbons (Fsp3) is 0.533. The summed E-state index contributed by atoms with van der Waals surface area (Å²) in [6.45, 7) is 2.81. The van der Waals surface area contributed by atoms with E-state index in [0.29, 0.717) is 5.00 Å². The van der Waals surface area contributed by atoms with Crippen molar-refractivity contribution in [2.75, 3.05) is 17.2 Å². The van der Waals surface area contributed by atoms with Gasteiger partial charge in [-0.15, -0.1) is 23.1 Å². The molecule has 0 spiro atoms. The molecule has 3 heterocycles. The lowest BCUT2D eigenvalue weighted by Crippen LogP contribution is -2.75. The number of hydrogen-bond donors (Lipinski definition) is 2. The summed E-state index contributed by atoms with van der Waals surface area (Å²) in [6.07, 6.45) is -1.07. The molecule has 3 rings (SSSR count). The van der Waals surface area contributed by atoms with E-state index in [1.807, 2.05) is 11.4 Å². The number of carboxylic acids is 1.